The Morgan fingerprint density at radius 3 is 2.45 bits per heavy atom. The third kappa shape index (κ3) is 4.86. The van der Waals surface area contributed by atoms with Crippen molar-refractivity contribution in [3.8, 4) is 0 Å². The van der Waals surface area contributed by atoms with Crippen molar-refractivity contribution < 1.29 is 13.2 Å². The van der Waals surface area contributed by atoms with Crippen molar-refractivity contribution in [2.75, 3.05) is 16.3 Å². The fraction of sp³-hybridized carbons (Fsp3) is 0.160. The summed E-state index contributed by atoms with van der Waals surface area (Å²) in [5, 5.41) is 2.96. The highest BCUT2D eigenvalue weighted by Crippen LogP contribution is 2.38. The number of sulfonamides is 1. The molecule has 4 rings (SSSR count). The largest absolute Gasteiger partial charge is 0.326 e. The van der Waals surface area contributed by atoms with Gasteiger partial charge in [0.05, 0.1) is 6.26 Å². The van der Waals surface area contributed by atoms with Crippen LogP contribution in [0.5, 0.6) is 0 Å². The number of amides is 1. The number of hydrogen-bond acceptors (Lipinski definition) is 3. The van der Waals surface area contributed by atoms with Crippen molar-refractivity contribution in [3.05, 3.63) is 94.5 Å². The first-order valence-corrected chi connectivity index (χ1v) is 12.0. The molecule has 1 amide bonds. The van der Waals surface area contributed by atoms with Crippen molar-refractivity contribution in [3.63, 3.8) is 0 Å². The van der Waals surface area contributed by atoms with Crippen LogP contribution in [0.15, 0.2) is 66.7 Å². The van der Waals surface area contributed by atoms with Crippen LogP contribution in [0.1, 0.15) is 34.7 Å². The fourth-order valence-corrected chi connectivity index (χ4v) is 4.60. The molecular formula is C25H24N2O3S. The van der Waals surface area contributed by atoms with E-state index in [1.807, 2.05) is 42.5 Å². The van der Waals surface area contributed by atoms with Crippen molar-refractivity contribution in [1.29, 1.82) is 0 Å². The minimum absolute atomic E-state index is 0.0970. The zero-order chi connectivity index (χ0) is 22.0. The normalized spacial score (nSPS) is 14.3. The Labute approximate surface area is 182 Å². The molecule has 1 aliphatic carbocycles. The van der Waals surface area contributed by atoms with E-state index in [0.29, 0.717) is 5.69 Å². The average Bonchev–Trinajstić information content (AvgIpc) is 2.85. The van der Waals surface area contributed by atoms with Gasteiger partial charge < -0.3 is 5.32 Å². The molecule has 0 saturated heterocycles. The van der Waals surface area contributed by atoms with Crippen LogP contribution in [0.25, 0.3) is 11.6 Å². The zero-order valence-electron chi connectivity index (χ0n) is 17.5. The summed E-state index contributed by atoms with van der Waals surface area (Å²) in [5.74, 6) is -0.0970. The van der Waals surface area contributed by atoms with E-state index in [9.17, 15) is 13.2 Å². The van der Waals surface area contributed by atoms with Gasteiger partial charge in [-0.25, -0.2) is 8.42 Å². The van der Waals surface area contributed by atoms with E-state index in [1.54, 1.807) is 6.07 Å². The highest BCUT2D eigenvalue weighted by atomic mass is 32.2. The van der Waals surface area contributed by atoms with Crippen LogP contribution in [0.4, 0.5) is 11.4 Å². The standard InChI is InChI=1S/C25H24N2O3S/c1-17(28)26-25-12-6-11-22-23(25)14-13-19-8-3-4-10-21(19)24(22)16-18-7-5-9-20(15-18)27-31(2,29)30/h3-12,15-16,27H,13-14H2,1-2H3,(H,26,28)/b24-16-. The fourth-order valence-electron chi connectivity index (χ4n) is 4.05. The number of aryl methyl sites for hydroxylation is 1. The predicted molar refractivity (Wildman–Crippen MR) is 126 cm³/mol. The zero-order valence-corrected chi connectivity index (χ0v) is 18.3. The van der Waals surface area contributed by atoms with E-state index >= 15 is 0 Å². The van der Waals surface area contributed by atoms with Crippen molar-refractivity contribution in [2.24, 2.45) is 0 Å². The summed E-state index contributed by atoms with van der Waals surface area (Å²) in [4.78, 5) is 11.7. The predicted octanol–water partition coefficient (Wildman–Crippen LogP) is 4.70. The van der Waals surface area contributed by atoms with E-state index < -0.39 is 10.0 Å². The minimum atomic E-state index is -3.36. The van der Waals surface area contributed by atoms with Crippen LogP contribution >= 0.6 is 0 Å². The van der Waals surface area contributed by atoms with Gasteiger partial charge in [-0.05, 0) is 70.5 Å². The van der Waals surface area contributed by atoms with Gasteiger partial charge in [0.2, 0.25) is 15.9 Å². The molecule has 5 nitrogen and oxygen atoms in total. The monoisotopic (exact) mass is 432 g/mol. The number of nitrogens with one attached hydrogen (secondary N) is 2. The summed E-state index contributed by atoms with van der Waals surface area (Å²) in [6, 6.07) is 21.6. The maximum Gasteiger partial charge on any atom is 0.229 e. The van der Waals surface area contributed by atoms with Gasteiger partial charge in [-0.1, -0.05) is 48.5 Å². The van der Waals surface area contributed by atoms with Crippen LogP contribution in [-0.2, 0) is 27.7 Å². The third-order valence-corrected chi connectivity index (χ3v) is 5.84. The molecule has 0 atom stereocenters. The van der Waals surface area contributed by atoms with Gasteiger partial charge in [-0.15, -0.1) is 0 Å². The molecule has 31 heavy (non-hydrogen) atoms. The Hall–Kier alpha value is -3.38. The smallest absolute Gasteiger partial charge is 0.229 e. The summed E-state index contributed by atoms with van der Waals surface area (Å²) < 4.78 is 25.8. The number of hydrogen-bond donors (Lipinski definition) is 2. The van der Waals surface area contributed by atoms with E-state index in [-0.39, 0.29) is 5.91 Å². The number of anilines is 2. The summed E-state index contributed by atoms with van der Waals surface area (Å²) in [6.45, 7) is 1.52. The van der Waals surface area contributed by atoms with Crippen LogP contribution in [0.2, 0.25) is 0 Å². The van der Waals surface area contributed by atoms with Gasteiger partial charge >= 0.3 is 0 Å². The summed E-state index contributed by atoms with van der Waals surface area (Å²) >= 11 is 0. The molecule has 0 aliphatic heterocycles. The van der Waals surface area contributed by atoms with E-state index in [4.69, 9.17) is 0 Å². The Morgan fingerprint density at radius 2 is 1.68 bits per heavy atom. The lowest BCUT2D eigenvalue weighted by Crippen LogP contribution is -2.09. The van der Waals surface area contributed by atoms with E-state index in [0.717, 1.165) is 52.6 Å². The molecule has 0 saturated carbocycles. The molecule has 0 unspecified atom stereocenters. The van der Waals surface area contributed by atoms with Crippen molar-refractivity contribution in [2.45, 2.75) is 19.8 Å². The molecule has 6 heteroatoms. The second kappa shape index (κ2) is 8.40. The van der Waals surface area contributed by atoms with Crippen LogP contribution in [0, 0.1) is 0 Å². The number of carbonyl (C=O) groups is 1. The first kappa shape index (κ1) is 20.9. The molecule has 1 aliphatic rings. The van der Waals surface area contributed by atoms with Gasteiger partial charge in [-0.3, -0.25) is 9.52 Å². The molecule has 0 heterocycles. The van der Waals surface area contributed by atoms with Gasteiger partial charge in [0.25, 0.3) is 0 Å². The SMILES string of the molecule is CC(=O)Nc1cccc2c1CCc1ccccc1/C2=C/c1cccc(NS(C)(=O)=O)c1. The summed E-state index contributed by atoms with van der Waals surface area (Å²) in [7, 11) is -3.36. The quantitative estimate of drug-likeness (QED) is 0.627. The molecule has 0 spiro atoms. The topological polar surface area (TPSA) is 75.3 Å². The maximum atomic E-state index is 11.7. The lowest BCUT2D eigenvalue weighted by atomic mass is 9.91. The Bertz CT molecular complexity index is 1290. The van der Waals surface area contributed by atoms with Crippen molar-refractivity contribution >= 4 is 39.0 Å². The third-order valence-electron chi connectivity index (χ3n) is 5.23. The molecule has 158 valence electrons. The van der Waals surface area contributed by atoms with Crippen LogP contribution < -0.4 is 10.0 Å². The molecule has 0 aromatic heterocycles. The Balaban J connectivity index is 1.89. The number of fused-ring (bicyclic) bond motifs is 2. The molecule has 3 aromatic carbocycles. The van der Waals surface area contributed by atoms with Gasteiger partial charge in [-0.2, -0.15) is 0 Å². The van der Waals surface area contributed by atoms with Gasteiger partial charge in [0.1, 0.15) is 0 Å². The first-order valence-electron chi connectivity index (χ1n) is 10.1. The number of rotatable bonds is 4. The Kier molecular flexibility index (Phi) is 5.65. The van der Waals surface area contributed by atoms with Gasteiger partial charge in [0, 0.05) is 18.3 Å². The van der Waals surface area contributed by atoms with E-state index in [1.165, 1.54) is 12.5 Å². The second-order valence-corrected chi connectivity index (χ2v) is 9.48. The van der Waals surface area contributed by atoms with Gasteiger partial charge in [0.15, 0.2) is 0 Å². The summed E-state index contributed by atoms with van der Waals surface area (Å²) in [6.07, 6.45) is 4.90. The highest BCUT2D eigenvalue weighted by Gasteiger charge is 2.20. The average molecular weight is 433 g/mol. The molecule has 2 N–H and O–H groups in total. The number of benzene rings is 3. The lowest BCUT2D eigenvalue weighted by molar-refractivity contribution is -0.114. The highest BCUT2D eigenvalue weighted by molar-refractivity contribution is 7.92. The second-order valence-electron chi connectivity index (χ2n) is 7.73. The minimum Gasteiger partial charge on any atom is -0.326 e. The lowest BCUT2D eigenvalue weighted by Gasteiger charge is -2.15. The van der Waals surface area contributed by atoms with Crippen LogP contribution in [0.3, 0.4) is 0 Å². The first-order chi connectivity index (χ1) is 14.8. The molecular weight excluding hydrogens is 408 g/mol. The molecule has 0 fully saturated rings. The molecule has 3 aromatic rings. The van der Waals surface area contributed by atoms with Crippen LogP contribution in [-0.4, -0.2) is 20.6 Å². The van der Waals surface area contributed by atoms with E-state index in [2.05, 4.69) is 34.3 Å². The Morgan fingerprint density at radius 1 is 0.935 bits per heavy atom. The number of carbonyl (C=O) groups excluding carboxylic acids is 1. The molecule has 0 radical (unpaired) electrons. The van der Waals surface area contributed by atoms with Crippen molar-refractivity contribution in [1.82, 2.24) is 0 Å². The molecule has 0 bridgehead atoms. The maximum absolute atomic E-state index is 11.7. The summed E-state index contributed by atoms with van der Waals surface area (Å²) in [5.41, 5.74) is 7.83.